The van der Waals surface area contributed by atoms with Crippen molar-refractivity contribution in [2.45, 2.75) is 12.8 Å². The highest BCUT2D eigenvalue weighted by molar-refractivity contribution is 7.18. The molecule has 2 aromatic heterocycles. The number of thiophene rings is 2. The van der Waals surface area contributed by atoms with Crippen LogP contribution >= 0.6 is 22.7 Å². The van der Waals surface area contributed by atoms with Gasteiger partial charge >= 0.3 is 0 Å². The van der Waals surface area contributed by atoms with Crippen molar-refractivity contribution < 1.29 is 47.6 Å². The zero-order chi connectivity index (χ0) is 45.8. The number of nitrogens with zero attached hydrogens (tertiary/aromatic N) is 2. The Kier molecular flexibility index (Phi) is 18.6. The third kappa shape index (κ3) is 13.1. The normalized spacial score (nSPS) is 11.3. The number of hydrogen-bond acceptors (Lipinski definition) is 14. The van der Waals surface area contributed by atoms with E-state index in [0.717, 1.165) is 31.3 Å². The molecule has 0 spiro atoms. The number of hydrazone groups is 2. The Bertz CT molecular complexity index is 2430. The van der Waals surface area contributed by atoms with Crippen molar-refractivity contribution in [2.75, 3.05) is 69.0 Å². The lowest BCUT2D eigenvalue weighted by Gasteiger charge is -2.10. The Morgan fingerprint density at radius 2 is 0.906 bits per heavy atom. The molecule has 4 aromatic carbocycles. The number of carbonyl (C=O) groups excluding carboxylic acids is 4. The number of ether oxygens (including phenoxy) is 6. The van der Waals surface area contributed by atoms with E-state index >= 15 is 0 Å². The molecule has 0 aliphatic heterocycles. The topological polar surface area (TPSA) is 196 Å². The van der Waals surface area contributed by atoms with Crippen LogP contribution in [0.15, 0.2) is 106 Å². The number of nitrogens with one attached hydrogen (secondary N) is 4. The fourth-order valence-electron chi connectivity index (χ4n) is 6.12. The predicted octanol–water partition coefficient (Wildman–Crippen LogP) is 6.41. The summed E-state index contributed by atoms with van der Waals surface area (Å²) in [7, 11) is 9.24. The summed E-state index contributed by atoms with van der Waals surface area (Å²) in [6, 6.07) is 25.6. The van der Waals surface area contributed by atoms with Gasteiger partial charge in [-0.15, -0.1) is 22.7 Å². The van der Waals surface area contributed by atoms with E-state index in [9.17, 15) is 19.2 Å². The maximum Gasteiger partial charge on any atom is 0.259 e. The minimum Gasteiger partial charge on any atom is -0.493 e. The zero-order valence-electron chi connectivity index (χ0n) is 36.3. The second-order valence-electron chi connectivity index (χ2n) is 13.5. The summed E-state index contributed by atoms with van der Waals surface area (Å²) in [6.07, 6.45) is 1.07. The molecule has 0 saturated carbocycles. The van der Waals surface area contributed by atoms with E-state index in [1.165, 1.54) is 28.4 Å². The number of fused-ring (bicyclic) bond motifs is 2. The van der Waals surface area contributed by atoms with E-state index in [1.54, 1.807) is 73.3 Å². The van der Waals surface area contributed by atoms with Crippen molar-refractivity contribution in [1.82, 2.24) is 21.5 Å². The summed E-state index contributed by atoms with van der Waals surface area (Å²) in [6.45, 7) is 0.487. The standard InChI is InChI=1S/2C23H25N3O5S/c2*1-29-11-10-18(17-14-32-21-7-5-4-6-16(17)21)25-26-22(27)13-24-23(28)15-8-9-19(30-2)20(12-15)31-3/h2*4-9,12,14H,10-11,13H2,1-3H3,(H,24,28)(H,26,27)/b25-18+;25-18-. The van der Waals surface area contributed by atoms with Crippen LogP contribution in [-0.4, -0.2) is 104 Å². The van der Waals surface area contributed by atoms with Crippen LogP contribution < -0.4 is 40.4 Å². The van der Waals surface area contributed by atoms with Gasteiger partial charge in [0.1, 0.15) is 0 Å². The molecule has 0 saturated heterocycles. The van der Waals surface area contributed by atoms with Crippen molar-refractivity contribution in [3.8, 4) is 23.0 Å². The smallest absolute Gasteiger partial charge is 0.259 e. The molecule has 4 N–H and O–H groups in total. The lowest BCUT2D eigenvalue weighted by atomic mass is 10.1. The fourth-order valence-corrected chi connectivity index (χ4v) is 8.06. The van der Waals surface area contributed by atoms with Gasteiger partial charge in [-0.1, -0.05) is 36.4 Å². The molecule has 0 fully saturated rings. The third-order valence-electron chi connectivity index (χ3n) is 9.41. The van der Waals surface area contributed by atoms with Gasteiger partial charge in [-0.25, -0.2) is 10.9 Å². The maximum atomic E-state index is 12.4. The lowest BCUT2D eigenvalue weighted by Crippen LogP contribution is -2.35. The van der Waals surface area contributed by atoms with Crippen LogP contribution in [0.4, 0.5) is 0 Å². The third-order valence-corrected chi connectivity index (χ3v) is 11.3. The van der Waals surface area contributed by atoms with Gasteiger partial charge in [0.2, 0.25) is 0 Å². The first kappa shape index (κ1) is 48.2. The minimum atomic E-state index is -0.437. The van der Waals surface area contributed by atoms with E-state index in [1.807, 2.05) is 59.3 Å². The first-order valence-electron chi connectivity index (χ1n) is 19.8. The second kappa shape index (κ2) is 24.7. The average Bonchev–Trinajstić information content (AvgIpc) is 3.97. The molecule has 0 unspecified atom stereocenters. The molecule has 4 amide bonds. The van der Waals surface area contributed by atoms with Crippen LogP contribution in [0.5, 0.6) is 23.0 Å². The number of hydrogen-bond donors (Lipinski definition) is 4. The maximum absolute atomic E-state index is 12.4. The van der Waals surface area contributed by atoms with Crippen LogP contribution in [0.1, 0.15) is 44.7 Å². The van der Waals surface area contributed by atoms with Gasteiger partial charge in [-0.05, 0) is 48.5 Å². The summed E-state index contributed by atoms with van der Waals surface area (Å²) in [5.74, 6) is 0.199. The molecular formula is C46H50N6O10S2. The lowest BCUT2D eigenvalue weighted by molar-refractivity contribution is -0.120. The van der Waals surface area contributed by atoms with Gasteiger partial charge in [0, 0.05) is 80.2 Å². The SMILES string of the molecule is COCC/C(=N/NC(=O)CNC(=O)c1ccc(OC)c(OC)c1)c1csc2ccccc12.COCC/C(=N\NC(=O)CNC(=O)c1ccc(OC)c(OC)c1)c1csc2ccccc12. The Labute approximate surface area is 378 Å². The average molecular weight is 911 g/mol. The van der Waals surface area contributed by atoms with Crippen molar-refractivity contribution in [3.63, 3.8) is 0 Å². The molecule has 336 valence electrons. The minimum absolute atomic E-state index is 0.224. The molecule has 0 radical (unpaired) electrons. The van der Waals surface area contributed by atoms with Gasteiger partial charge in [0.15, 0.2) is 23.0 Å². The van der Waals surface area contributed by atoms with Gasteiger partial charge in [-0.2, -0.15) is 10.2 Å². The first-order chi connectivity index (χ1) is 31.1. The van der Waals surface area contributed by atoms with E-state index < -0.39 is 23.6 Å². The quantitative estimate of drug-likeness (QED) is 0.0491. The van der Waals surface area contributed by atoms with Gasteiger partial charge in [0.25, 0.3) is 23.6 Å². The summed E-state index contributed by atoms with van der Waals surface area (Å²) in [4.78, 5) is 49.4. The number of benzene rings is 4. The number of methoxy groups -OCH3 is 6. The summed E-state index contributed by atoms with van der Waals surface area (Å²) >= 11 is 3.23. The molecule has 2 heterocycles. The van der Waals surface area contributed by atoms with Crippen LogP contribution in [0.3, 0.4) is 0 Å². The van der Waals surface area contributed by atoms with E-state index in [0.29, 0.717) is 71.6 Å². The molecule has 18 heteroatoms. The predicted molar refractivity (Wildman–Crippen MR) is 250 cm³/mol. The summed E-state index contributed by atoms with van der Waals surface area (Å²) in [5.41, 5.74) is 9.10. The highest BCUT2D eigenvalue weighted by atomic mass is 32.1. The van der Waals surface area contributed by atoms with Crippen molar-refractivity contribution in [3.05, 3.63) is 118 Å². The molecule has 0 aliphatic rings. The molecule has 0 atom stereocenters. The van der Waals surface area contributed by atoms with Crippen LogP contribution in [0, 0.1) is 0 Å². The Hall–Kier alpha value is -6.86. The van der Waals surface area contributed by atoms with E-state index in [-0.39, 0.29) is 13.1 Å². The number of amides is 4. The monoisotopic (exact) mass is 910 g/mol. The highest BCUT2D eigenvalue weighted by Crippen LogP contribution is 2.30. The number of rotatable bonds is 20. The van der Waals surface area contributed by atoms with Gasteiger partial charge in [0.05, 0.1) is 66.2 Å². The molecule has 64 heavy (non-hydrogen) atoms. The molecule has 6 aromatic rings. The Morgan fingerprint density at radius 3 is 1.28 bits per heavy atom. The molecule has 16 nitrogen and oxygen atoms in total. The second-order valence-corrected chi connectivity index (χ2v) is 15.3. The highest BCUT2D eigenvalue weighted by Gasteiger charge is 2.16. The first-order valence-corrected chi connectivity index (χ1v) is 21.5. The van der Waals surface area contributed by atoms with Crippen LogP contribution in [0.25, 0.3) is 20.2 Å². The Balaban J connectivity index is 0.000000241. The van der Waals surface area contributed by atoms with Crippen molar-refractivity contribution >= 4 is 77.9 Å². The summed E-state index contributed by atoms with van der Waals surface area (Å²) < 4.78 is 33.4. The van der Waals surface area contributed by atoms with Gasteiger partial charge in [-0.3, -0.25) is 19.2 Å². The summed E-state index contributed by atoms with van der Waals surface area (Å²) in [5, 5.41) is 20.0. The van der Waals surface area contributed by atoms with E-state index in [2.05, 4.69) is 31.7 Å². The molecular weight excluding hydrogens is 861 g/mol. The Morgan fingerprint density at radius 1 is 0.516 bits per heavy atom. The van der Waals surface area contributed by atoms with Gasteiger partial charge < -0.3 is 39.1 Å². The van der Waals surface area contributed by atoms with Crippen LogP contribution in [0.2, 0.25) is 0 Å². The number of carbonyl (C=O) groups is 4. The van der Waals surface area contributed by atoms with Crippen molar-refractivity contribution in [2.24, 2.45) is 10.2 Å². The molecule has 0 bridgehead atoms. The molecule has 6 rings (SSSR count). The van der Waals surface area contributed by atoms with Crippen LogP contribution in [-0.2, 0) is 19.1 Å². The molecule has 0 aliphatic carbocycles. The zero-order valence-corrected chi connectivity index (χ0v) is 37.9. The largest absolute Gasteiger partial charge is 0.493 e. The van der Waals surface area contributed by atoms with Crippen molar-refractivity contribution in [1.29, 1.82) is 0 Å². The van der Waals surface area contributed by atoms with E-state index in [4.69, 9.17) is 28.4 Å². The fraction of sp³-hybridized carbons (Fsp3) is 0.261.